The van der Waals surface area contributed by atoms with Gasteiger partial charge in [0.1, 0.15) is 6.10 Å². The summed E-state index contributed by atoms with van der Waals surface area (Å²) in [7, 11) is 0. The lowest BCUT2D eigenvalue weighted by atomic mass is 9.78. The van der Waals surface area contributed by atoms with Crippen LogP contribution in [0.2, 0.25) is 0 Å². The minimum atomic E-state index is -0.923. The first-order valence-electron chi connectivity index (χ1n) is 6.79. The first-order valence-corrected chi connectivity index (χ1v) is 6.79. The third-order valence-corrected chi connectivity index (χ3v) is 5.13. The third-order valence-electron chi connectivity index (χ3n) is 5.13. The monoisotopic (exact) mass is 264 g/mol. The largest absolute Gasteiger partial charge is 0.458 e. The van der Waals surface area contributed by atoms with Crippen molar-refractivity contribution >= 4 is 5.97 Å². The van der Waals surface area contributed by atoms with Gasteiger partial charge in [0, 0.05) is 30.3 Å². The van der Waals surface area contributed by atoms with Gasteiger partial charge in [-0.2, -0.15) is 0 Å². The predicted octanol–water partition coefficient (Wildman–Crippen LogP) is 1.18. The number of fused-ring (bicyclic) bond motifs is 2. The van der Waals surface area contributed by atoms with Gasteiger partial charge in [-0.05, 0) is 19.3 Å². The van der Waals surface area contributed by atoms with E-state index in [9.17, 15) is 15.0 Å². The summed E-state index contributed by atoms with van der Waals surface area (Å²) in [6, 6.07) is 0. The van der Waals surface area contributed by atoms with E-state index in [2.05, 4.69) is 13.2 Å². The molecule has 0 aromatic heterocycles. The second-order valence-electron chi connectivity index (χ2n) is 6.43. The Kier molecular flexibility index (Phi) is 2.67. The zero-order valence-corrected chi connectivity index (χ0v) is 11.1. The maximum absolute atomic E-state index is 11.6. The molecule has 4 heteroatoms. The number of carbonyl (C=O) groups excluding carboxylic acids is 1. The fourth-order valence-corrected chi connectivity index (χ4v) is 4.13. The van der Waals surface area contributed by atoms with Crippen molar-refractivity contribution < 1.29 is 19.7 Å². The minimum Gasteiger partial charge on any atom is -0.458 e. The topological polar surface area (TPSA) is 66.8 Å². The molecule has 0 bridgehead atoms. The fourth-order valence-electron chi connectivity index (χ4n) is 4.13. The van der Waals surface area contributed by atoms with E-state index in [1.807, 2.05) is 0 Å². The molecule has 19 heavy (non-hydrogen) atoms. The number of esters is 1. The van der Waals surface area contributed by atoms with E-state index >= 15 is 0 Å². The Morgan fingerprint density at radius 2 is 2.11 bits per heavy atom. The quantitative estimate of drug-likeness (QED) is 0.392. The lowest BCUT2D eigenvalue weighted by Gasteiger charge is -2.29. The molecule has 0 aromatic rings. The van der Waals surface area contributed by atoms with Crippen LogP contribution in [-0.4, -0.2) is 34.0 Å². The van der Waals surface area contributed by atoms with Crippen molar-refractivity contribution in [3.05, 3.63) is 24.3 Å². The summed E-state index contributed by atoms with van der Waals surface area (Å²) in [6.07, 6.45) is 0.767. The molecule has 1 heterocycles. The smallest absolute Gasteiger partial charge is 0.334 e. The van der Waals surface area contributed by atoms with E-state index in [1.54, 1.807) is 6.92 Å². The van der Waals surface area contributed by atoms with Gasteiger partial charge < -0.3 is 14.9 Å². The fraction of sp³-hybridized carbons (Fsp3) is 0.667. The molecular weight excluding hydrogens is 244 g/mol. The van der Waals surface area contributed by atoms with Gasteiger partial charge >= 0.3 is 5.97 Å². The van der Waals surface area contributed by atoms with Crippen LogP contribution < -0.4 is 0 Å². The number of carbonyl (C=O) groups is 1. The zero-order valence-electron chi connectivity index (χ0n) is 11.1. The Labute approximate surface area is 112 Å². The van der Waals surface area contributed by atoms with E-state index in [1.165, 1.54) is 0 Å². The van der Waals surface area contributed by atoms with Gasteiger partial charge in [0.05, 0.1) is 11.7 Å². The molecule has 4 nitrogen and oxygen atoms in total. The van der Waals surface area contributed by atoms with Crippen LogP contribution in [0.5, 0.6) is 0 Å². The Balaban J connectivity index is 1.97. The van der Waals surface area contributed by atoms with E-state index in [4.69, 9.17) is 4.74 Å². The minimum absolute atomic E-state index is 0.0592. The molecular formula is C15H20O4. The molecule has 104 valence electrons. The van der Waals surface area contributed by atoms with Gasteiger partial charge in [0.2, 0.25) is 0 Å². The highest BCUT2D eigenvalue weighted by Gasteiger charge is 2.55. The van der Waals surface area contributed by atoms with Gasteiger partial charge in [0.15, 0.2) is 0 Å². The van der Waals surface area contributed by atoms with Crippen LogP contribution in [0, 0.1) is 17.8 Å². The highest BCUT2D eigenvalue weighted by Crippen LogP contribution is 2.52. The predicted molar refractivity (Wildman–Crippen MR) is 69.1 cm³/mol. The molecule has 1 saturated heterocycles. The lowest BCUT2D eigenvalue weighted by molar-refractivity contribution is -0.139. The van der Waals surface area contributed by atoms with Crippen molar-refractivity contribution in [2.24, 2.45) is 17.8 Å². The number of rotatable bonds is 0. The van der Waals surface area contributed by atoms with Crippen molar-refractivity contribution in [3.8, 4) is 0 Å². The molecule has 2 aliphatic carbocycles. The molecule has 6 atom stereocenters. The lowest BCUT2D eigenvalue weighted by Crippen LogP contribution is -2.33. The summed E-state index contributed by atoms with van der Waals surface area (Å²) < 4.78 is 5.33. The molecule has 1 unspecified atom stereocenters. The molecule has 3 rings (SSSR count). The average Bonchev–Trinajstić information content (AvgIpc) is 2.61. The maximum Gasteiger partial charge on any atom is 0.334 e. The van der Waals surface area contributed by atoms with Crippen LogP contribution in [0.3, 0.4) is 0 Å². The normalized spacial score (nSPS) is 49.6. The summed E-state index contributed by atoms with van der Waals surface area (Å²) in [5, 5.41) is 20.7. The van der Waals surface area contributed by atoms with Crippen molar-refractivity contribution in [1.82, 2.24) is 0 Å². The van der Waals surface area contributed by atoms with Crippen LogP contribution in [-0.2, 0) is 9.53 Å². The van der Waals surface area contributed by atoms with Crippen molar-refractivity contribution in [2.75, 3.05) is 0 Å². The standard InChI is InChI=1S/C15H20O4/c1-7-4-12-9(8(2)14(17)19-12)5-10-13(7)11(16)6-15(10,3)18/h9-13,16,18H,1-2,4-6H2,3H3/t9-,10-,11+,12-,13?,15-/m1/s1. The van der Waals surface area contributed by atoms with Crippen molar-refractivity contribution in [1.29, 1.82) is 0 Å². The van der Waals surface area contributed by atoms with E-state index < -0.39 is 11.7 Å². The number of hydrogen-bond donors (Lipinski definition) is 2. The van der Waals surface area contributed by atoms with Gasteiger partial charge in [-0.1, -0.05) is 18.7 Å². The molecule has 1 aliphatic heterocycles. The molecule has 3 fully saturated rings. The number of hydrogen-bond acceptors (Lipinski definition) is 4. The van der Waals surface area contributed by atoms with E-state index in [0.29, 0.717) is 24.8 Å². The Hall–Kier alpha value is -1.13. The van der Waals surface area contributed by atoms with E-state index in [-0.39, 0.29) is 29.8 Å². The van der Waals surface area contributed by atoms with Crippen LogP contribution in [0.15, 0.2) is 24.3 Å². The molecule has 2 saturated carbocycles. The summed E-state index contributed by atoms with van der Waals surface area (Å²) >= 11 is 0. The Bertz CT molecular complexity index is 465. The molecule has 0 amide bonds. The molecule has 2 N–H and O–H groups in total. The number of aliphatic hydroxyl groups excluding tert-OH is 1. The second kappa shape index (κ2) is 3.93. The van der Waals surface area contributed by atoms with Gasteiger partial charge in [-0.25, -0.2) is 4.79 Å². The highest BCUT2D eigenvalue weighted by molar-refractivity contribution is 5.90. The second-order valence-corrected chi connectivity index (χ2v) is 6.43. The maximum atomic E-state index is 11.6. The SMILES string of the molecule is C=C1C[C@H]2OC(=O)C(=C)[C@H]2C[C@@H]2C1[C@@H](O)C[C@@]2(C)O. The summed E-state index contributed by atoms with van der Waals surface area (Å²) in [6.45, 7) is 9.63. The van der Waals surface area contributed by atoms with Crippen LogP contribution in [0.25, 0.3) is 0 Å². The molecule has 0 spiro atoms. The van der Waals surface area contributed by atoms with Gasteiger partial charge in [0.25, 0.3) is 0 Å². The van der Waals surface area contributed by atoms with Crippen molar-refractivity contribution in [3.63, 3.8) is 0 Å². The molecule has 0 aromatic carbocycles. The summed E-state index contributed by atoms with van der Waals surface area (Å²) in [5.74, 6) is -0.584. The average molecular weight is 264 g/mol. The third kappa shape index (κ3) is 1.77. The summed E-state index contributed by atoms with van der Waals surface area (Å²) in [4.78, 5) is 11.6. The van der Waals surface area contributed by atoms with Gasteiger partial charge in [-0.3, -0.25) is 0 Å². The number of aliphatic hydroxyl groups is 2. The summed E-state index contributed by atoms with van der Waals surface area (Å²) in [5.41, 5.74) is 0.453. The number of ether oxygens (including phenoxy) is 1. The Morgan fingerprint density at radius 3 is 2.79 bits per heavy atom. The zero-order chi connectivity index (χ0) is 13.9. The first-order chi connectivity index (χ1) is 8.81. The first kappa shape index (κ1) is 12.9. The highest BCUT2D eigenvalue weighted by atomic mass is 16.6. The van der Waals surface area contributed by atoms with Crippen LogP contribution in [0.4, 0.5) is 0 Å². The Morgan fingerprint density at radius 1 is 1.42 bits per heavy atom. The van der Waals surface area contributed by atoms with Gasteiger partial charge in [-0.15, -0.1) is 0 Å². The molecule has 0 radical (unpaired) electrons. The van der Waals surface area contributed by atoms with Crippen LogP contribution in [0.1, 0.15) is 26.2 Å². The van der Waals surface area contributed by atoms with E-state index in [0.717, 1.165) is 5.57 Å². The van der Waals surface area contributed by atoms with Crippen molar-refractivity contribution in [2.45, 2.75) is 44.0 Å². The van der Waals surface area contributed by atoms with Crippen LogP contribution >= 0.6 is 0 Å². The molecule has 3 aliphatic rings.